The monoisotopic (exact) mass is 332 g/mol. The summed E-state index contributed by atoms with van der Waals surface area (Å²) in [7, 11) is 0. The van der Waals surface area contributed by atoms with E-state index in [1.54, 1.807) is 29.5 Å². The van der Waals surface area contributed by atoms with Gasteiger partial charge in [0.2, 0.25) is 5.88 Å². The Balaban J connectivity index is 3.07. The second-order valence-electron chi connectivity index (χ2n) is 2.78. The van der Waals surface area contributed by atoms with Crippen molar-refractivity contribution in [3.8, 4) is 5.88 Å². The highest BCUT2D eigenvalue weighted by molar-refractivity contribution is 14.1. The predicted octanol–water partition coefficient (Wildman–Crippen LogP) is 2.35. The van der Waals surface area contributed by atoms with Gasteiger partial charge in [0.15, 0.2) is 0 Å². The van der Waals surface area contributed by atoms with E-state index in [0.717, 1.165) is 0 Å². The fourth-order valence-electron chi connectivity index (χ4n) is 0.978. The minimum absolute atomic E-state index is 0.237. The molecule has 0 aromatic carbocycles. The molecule has 0 radical (unpaired) electrons. The maximum absolute atomic E-state index is 11.9. The first-order valence-corrected chi connectivity index (χ1v) is 5.03. The average Bonchev–Trinajstić information content (AvgIpc) is 2.11. The molecular weight excluding hydrogens is 324 g/mol. The highest BCUT2D eigenvalue weighted by Gasteiger charge is 2.33. The molecule has 1 aromatic rings. The minimum Gasteiger partial charge on any atom is -0.387 e. The number of hydrogen-bond donors (Lipinski definition) is 1. The van der Waals surface area contributed by atoms with Crippen molar-refractivity contribution in [1.29, 1.82) is 0 Å². The zero-order valence-corrected chi connectivity index (χ0v) is 9.89. The second kappa shape index (κ2) is 4.52. The average molecular weight is 332 g/mol. The van der Waals surface area contributed by atoms with Crippen LogP contribution in [0.25, 0.3) is 0 Å². The zero-order valence-electron chi connectivity index (χ0n) is 7.73. The summed E-state index contributed by atoms with van der Waals surface area (Å²) in [5.41, 5.74) is 6.75. The van der Waals surface area contributed by atoms with Crippen molar-refractivity contribution in [3.63, 3.8) is 0 Å². The Labute approximate surface area is 98.0 Å². The third-order valence-corrected chi connectivity index (χ3v) is 3.04. The van der Waals surface area contributed by atoms with Crippen LogP contribution in [0.3, 0.4) is 0 Å². The molecule has 0 aliphatic carbocycles. The number of halogens is 4. The number of ether oxygens (including phenoxy) is 1. The molecule has 1 aromatic heterocycles. The van der Waals surface area contributed by atoms with Gasteiger partial charge in [-0.15, -0.1) is 13.2 Å². The van der Waals surface area contributed by atoms with Crippen LogP contribution in [-0.4, -0.2) is 11.3 Å². The number of pyridine rings is 1. The minimum atomic E-state index is -4.72. The largest absolute Gasteiger partial charge is 0.574 e. The lowest BCUT2D eigenvalue weighted by Gasteiger charge is -2.12. The fourth-order valence-corrected chi connectivity index (χ4v) is 1.57. The Morgan fingerprint density at radius 3 is 2.60 bits per heavy atom. The van der Waals surface area contributed by atoms with Crippen LogP contribution in [0.15, 0.2) is 6.20 Å². The summed E-state index contributed by atoms with van der Waals surface area (Å²) in [5, 5.41) is 0. The third kappa shape index (κ3) is 3.20. The van der Waals surface area contributed by atoms with Gasteiger partial charge < -0.3 is 10.5 Å². The summed E-state index contributed by atoms with van der Waals surface area (Å²) in [6, 6.07) is 0. The molecule has 0 saturated heterocycles. The van der Waals surface area contributed by atoms with Gasteiger partial charge in [-0.3, -0.25) is 0 Å². The molecule has 0 atom stereocenters. The molecule has 0 unspecified atom stereocenters. The van der Waals surface area contributed by atoms with Crippen LogP contribution in [0.1, 0.15) is 11.1 Å². The molecule has 0 spiro atoms. The van der Waals surface area contributed by atoms with Gasteiger partial charge in [0.05, 0.1) is 3.57 Å². The predicted molar refractivity (Wildman–Crippen MR) is 56.3 cm³/mol. The SMILES string of the molecule is Cc1c(CN)cnc(OC(F)(F)F)c1I. The van der Waals surface area contributed by atoms with Crippen LogP contribution < -0.4 is 10.5 Å². The first-order valence-electron chi connectivity index (χ1n) is 3.95. The molecule has 0 aliphatic heterocycles. The van der Waals surface area contributed by atoms with Crippen LogP contribution in [0.4, 0.5) is 13.2 Å². The molecule has 1 rings (SSSR count). The lowest BCUT2D eigenvalue weighted by molar-refractivity contribution is -0.276. The first-order chi connectivity index (χ1) is 6.85. The van der Waals surface area contributed by atoms with Crippen molar-refractivity contribution >= 4 is 22.6 Å². The van der Waals surface area contributed by atoms with Crippen molar-refractivity contribution in [2.24, 2.45) is 5.73 Å². The topological polar surface area (TPSA) is 48.1 Å². The zero-order chi connectivity index (χ0) is 11.6. The van der Waals surface area contributed by atoms with Crippen molar-refractivity contribution in [1.82, 2.24) is 4.98 Å². The summed E-state index contributed by atoms with van der Waals surface area (Å²) in [5.74, 6) is -0.433. The Hall–Kier alpha value is -0.570. The first kappa shape index (κ1) is 12.5. The summed E-state index contributed by atoms with van der Waals surface area (Å²) < 4.78 is 39.9. The van der Waals surface area contributed by atoms with E-state index in [4.69, 9.17) is 5.73 Å². The van der Waals surface area contributed by atoms with E-state index in [1.165, 1.54) is 6.20 Å². The van der Waals surface area contributed by atoms with E-state index in [2.05, 4.69) is 9.72 Å². The standard InChI is InChI=1S/C8H8F3IN2O/c1-4-5(2-13)3-14-7(6(4)12)15-8(9,10)11/h3H,2,13H2,1H3. The number of nitrogens with zero attached hydrogens (tertiary/aromatic N) is 1. The molecule has 84 valence electrons. The van der Waals surface area contributed by atoms with Gasteiger partial charge in [-0.2, -0.15) is 0 Å². The normalized spacial score (nSPS) is 11.6. The van der Waals surface area contributed by atoms with E-state index >= 15 is 0 Å². The molecule has 2 N–H and O–H groups in total. The quantitative estimate of drug-likeness (QED) is 0.846. The Kier molecular flexibility index (Phi) is 3.77. The van der Waals surface area contributed by atoms with Crippen molar-refractivity contribution in [2.45, 2.75) is 19.8 Å². The van der Waals surface area contributed by atoms with E-state index < -0.39 is 12.2 Å². The van der Waals surface area contributed by atoms with E-state index in [-0.39, 0.29) is 6.54 Å². The van der Waals surface area contributed by atoms with Crippen LogP contribution in [-0.2, 0) is 6.54 Å². The molecule has 0 bridgehead atoms. The Morgan fingerprint density at radius 1 is 1.53 bits per heavy atom. The summed E-state index contributed by atoms with van der Waals surface area (Å²) in [6.45, 7) is 1.91. The van der Waals surface area contributed by atoms with Gasteiger partial charge >= 0.3 is 6.36 Å². The van der Waals surface area contributed by atoms with Gasteiger partial charge in [0, 0.05) is 12.7 Å². The van der Waals surface area contributed by atoms with Crippen LogP contribution in [0, 0.1) is 10.5 Å². The molecule has 0 aliphatic rings. The highest BCUT2D eigenvalue weighted by Crippen LogP contribution is 2.28. The molecule has 0 saturated carbocycles. The van der Waals surface area contributed by atoms with Crippen molar-refractivity contribution in [2.75, 3.05) is 0 Å². The third-order valence-electron chi connectivity index (χ3n) is 1.77. The van der Waals surface area contributed by atoms with Crippen molar-refractivity contribution < 1.29 is 17.9 Å². The van der Waals surface area contributed by atoms with Gasteiger partial charge in [0.1, 0.15) is 0 Å². The van der Waals surface area contributed by atoms with Gasteiger partial charge in [-0.1, -0.05) is 0 Å². The molecule has 0 fully saturated rings. The Morgan fingerprint density at radius 2 is 2.13 bits per heavy atom. The number of alkyl halides is 3. The molecule has 1 heterocycles. The second-order valence-corrected chi connectivity index (χ2v) is 3.86. The summed E-state index contributed by atoms with van der Waals surface area (Å²) >= 11 is 1.75. The smallest absolute Gasteiger partial charge is 0.387 e. The van der Waals surface area contributed by atoms with E-state index in [9.17, 15) is 13.2 Å². The molecular formula is C8H8F3IN2O. The number of nitrogens with two attached hydrogens (primary N) is 1. The molecule has 7 heteroatoms. The number of hydrogen-bond acceptors (Lipinski definition) is 3. The number of aromatic nitrogens is 1. The molecule has 3 nitrogen and oxygen atoms in total. The fraction of sp³-hybridized carbons (Fsp3) is 0.375. The summed E-state index contributed by atoms with van der Waals surface area (Å²) in [6.07, 6.45) is -3.43. The Bertz CT molecular complexity index is 368. The van der Waals surface area contributed by atoms with Gasteiger partial charge in [-0.05, 0) is 40.6 Å². The van der Waals surface area contributed by atoms with E-state index in [1.807, 2.05) is 0 Å². The van der Waals surface area contributed by atoms with Crippen LogP contribution in [0.5, 0.6) is 5.88 Å². The summed E-state index contributed by atoms with van der Waals surface area (Å²) in [4.78, 5) is 3.57. The molecule has 15 heavy (non-hydrogen) atoms. The van der Waals surface area contributed by atoms with E-state index in [0.29, 0.717) is 14.7 Å². The lowest BCUT2D eigenvalue weighted by Crippen LogP contribution is -2.19. The number of rotatable bonds is 2. The van der Waals surface area contributed by atoms with Gasteiger partial charge in [-0.25, -0.2) is 4.98 Å². The molecule has 0 amide bonds. The van der Waals surface area contributed by atoms with Gasteiger partial charge in [0.25, 0.3) is 0 Å². The van der Waals surface area contributed by atoms with Crippen LogP contribution in [0.2, 0.25) is 0 Å². The highest BCUT2D eigenvalue weighted by atomic mass is 127. The van der Waals surface area contributed by atoms with Crippen molar-refractivity contribution in [3.05, 3.63) is 20.9 Å². The lowest BCUT2D eigenvalue weighted by atomic mass is 10.2. The van der Waals surface area contributed by atoms with Crippen LogP contribution >= 0.6 is 22.6 Å². The maximum atomic E-state index is 11.9. The maximum Gasteiger partial charge on any atom is 0.574 e.